The highest BCUT2D eigenvalue weighted by Gasteiger charge is 1.96. The maximum atomic E-state index is 5.64. The summed E-state index contributed by atoms with van der Waals surface area (Å²) in [5.74, 6) is 1.60. The fraction of sp³-hybridized carbons (Fsp3) is 0.769. The molecule has 0 aliphatic carbocycles. The molecule has 0 amide bonds. The highest BCUT2D eigenvalue weighted by molar-refractivity contribution is 6.17. The highest BCUT2D eigenvalue weighted by Crippen LogP contribution is 2.07. The molecule has 35 heavy (non-hydrogen) atoms. The van der Waals surface area contributed by atoms with Crippen molar-refractivity contribution >= 4 is 11.6 Å². The van der Waals surface area contributed by atoms with Crippen molar-refractivity contribution in [2.75, 3.05) is 105 Å². The summed E-state index contributed by atoms with van der Waals surface area (Å²) >= 11 is 5.64. The van der Waals surface area contributed by atoms with Gasteiger partial charge in [-0.15, -0.1) is 11.6 Å². The fourth-order valence-corrected chi connectivity index (χ4v) is 3.00. The van der Waals surface area contributed by atoms with E-state index >= 15 is 0 Å². The van der Waals surface area contributed by atoms with Crippen LogP contribution >= 0.6 is 11.6 Å². The molecule has 0 aromatic heterocycles. The maximum Gasteiger partial charge on any atom is 0.119 e. The number of unbranched alkanes of at least 4 members (excludes halogenated alkanes) is 3. The fourth-order valence-electron chi connectivity index (χ4n) is 2.81. The third-order valence-corrected chi connectivity index (χ3v) is 4.91. The third-order valence-electron chi connectivity index (χ3n) is 4.64. The first-order valence-electron chi connectivity index (χ1n) is 12.7. The molecule has 8 nitrogen and oxygen atoms in total. The Labute approximate surface area is 216 Å². The molecule has 0 saturated carbocycles. The van der Waals surface area contributed by atoms with E-state index in [1.165, 1.54) is 12.8 Å². The van der Waals surface area contributed by atoms with E-state index < -0.39 is 0 Å². The van der Waals surface area contributed by atoms with Gasteiger partial charge in [0.2, 0.25) is 0 Å². The molecule has 0 N–H and O–H groups in total. The standard InChI is InChI=1S/C26H45ClO8/c27-10-6-1-2-7-11-28-12-13-29-14-15-30-16-17-31-18-19-32-20-21-33-22-23-34-24-25-35-26-8-4-3-5-9-26/h3-5,8-9H,1-2,6-7,10-25H2. The first-order valence-corrected chi connectivity index (χ1v) is 13.2. The van der Waals surface area contributed by atoms with Gasteiger partial charge in [-0.2, -0.15) is 0 Å². The van der Waals surface area contributed by atoms with E-state index in [2.05, 4.69) is 0 Å². The number of para-hydroxylation sites is 1. The van der Waals surface area contributed by atoms with Crippen molar-refractivity contribution in [3.05, 3.63) is 30.3 Å². The number of halogens is 1. The molecule has 1 aromatic carbocycles. The lowest BCUT2D eigenvalue weighted by Crippen LogP contribution is -2.15. The molecule has 0 bridgehead atoms. The molecule has 0 spiro atoms. The summed E-state index contributed by atoms with van der Waals surface area (Å²) in [5.41, 5.74) is 0. The molecule has 204 valence electrons. The summed E-state index contributed by atoms with van der Waals surface area (Å²) in [6, 6.07) is 9.69. The van der Waals surface area contributed by atoms with Gasteiger partial charge in [0.15, 0.2) is 0 Å². The molecule has 9 heteroatoms. The van der Waals surface area contributed by atoms with E-state index in [4.69, 9.17) is 49.5 Å². The zero-order chi connectivity index (χ0) is 24.9. The first-order chi connectivity index (χ1) is 17.4. The van der Waals surface area contributed by atoms with Gasteiger partial charge in [-0.25, -0.2) is 0 Å². The number of hydrogen-bond acceptors (Lipinski definition) is 8. The number of alkyl halides is 1. The number of benzene rings is 1. The normalized spacial score (nSPS) is 11.2. The van der Waals surface area contributed by atoms with Crippen LogP contribution < -0.4 is 4.74 Å². The maximum absolute atomic E-state index is 5.64. The van der Waals surface area contributed by atoms with Crippen molar-refractivity contribution in [2.24, 2.45) is 0 Å². The van der Waals surface area contributed by atoms with Crippen molar-refractivity contribution in [1.29, 1.82) is 0 Å². The average Bonchev–Trinajstić information content (AvgIpc) is 2.89. The van der Waals surface area contributed by atoms with Gasteiger partial charge >= 0.3 is 0 Å². The molecule has 0 unspecified atom stereocenters. The van der Waals surface area contributed by atoms with Gasteiger partial charge in [-0.1, -0.05) is 31.0 Å². The first kappa shape index (κ1) is 32.1. The molecule has 0 saturated heterocycles. The second kappa shape index (κ2) is 27.6. The number of ether oxygens (including phenoxy) is 8. The van der Waals surface area contributed by atoms with Gasteiger partial charge in [0.05, 0.1) is 85.9 Å². The topological polar surface area (TPSA) is 73.8 Å². The Balaban J connectivity index is 1.63. The van der Waals surface area contributed by atoms with Crippen LogP contribution in [0.1, 0.15) is 25.7 Å². The van der Waals surface area contributed by atoms with Crippen LogP contribution in [0.4, 0.5) is 0 Å². The van der Waals surface area contributed by atoms with E-state index in [1.807, 2.05) is 30.3 Å². The average molecular weight is 521 g/mol. The molecule has 0 radical (unpaired) electrons. The van der Waals surface area contributed by atoms with Crippen LogP contribution in [0.15, 0.2) is 30.3 Å². The molecule has 1 aromatic rings. The van der Waals surface area contributed by atoms with Crippen LogP contribution in [-0.4, -0.2) is 105 Å². The van der Waals surface area contributed by atoms with Crippen LogP contribution in [0.25, 0.3) is 0 Å². The summed E-state index contributed by atoms with van der Waals surface area (Å²) in [7, 11) is 0. The van der Waals surface area contributed by atoms with E-state index in [-0.39, 0.29) is 0 Å². The number of rotatable bonds is 28. The van der Waals surface area contributed by atoms with Crippen LogP contribution in [0.5, 0.6) is 5.75 Å². The minimum atomic E-state index is 0.526. The Morgan fingerprint density at radius 3 is 1.20 bits per heavy atom. The SMILES string of the molecule is ClCCCCCCOCCOCCOCCOCCOCCOCCOCCOc1ccccc1. The minimum absolute atomic E-state index is 0.526. The zero-order valence-corrected chi connectivity index (χ0v) is 21.9. The van der Waals surface area contributed by atoms with Crippen LogP contribution in [-0.2, 0) is 33.2 Å². The second-order valence-electron chi connectivity index (χ2n) is 7.55. The smallest absolute Gasteiger partial charge is 0.119 e. The molecule has 0 fully saturated rings. The monoisotopic (exact) mass is 520 g/mol. The van der Waals surface area contributed by atoms with Crippen molar-refractivity contribution in [3.8, 4) is 5.75 Å². The molecule has 0 heterocycles. The summed E-state index contributed by atoms with van der Waals surface area (Å²) in [5, 5.41) is 0. The Morgan fingerprint density at radius 1 is 0.400 bits per heavy atom. The molecule has 0 atom stereocenters. The van der Waals surface area contributed by atoms with Crippen molar-refractivity contribution < 1.29 is 37.9 Å². The van der Waals surface area contributed by atoms with Crippen molar-refractivity contribution in [2.45, 2.75) is 25.7 Å². The quantitative estimate of drug-likeness (QED) is 0.121. The summed E-state index contributed by atoms with van der Waals surface area (Å²) in [6.07, 6.45) is 4.52. The lowest BCUT2D eigenvalue weighted by Gasteiger charge is -2.09. The van der Waals surface area contributed by atoms with Crippen LogP contribution in [0.3, 0.4) is 0 Å². The second-order valence-corrected chi connectivity index (χ2v) is 7.93. The van der Waals surface area contributed by atoms with Crippen LogP contribution in [0, 0.1) is 0 Å². The molecular formula is C26H45ClO8. The van der Waals surface area contributed by atoms with E-state index in [0.29, 0.717) is 92.5 Å². The summed E-state index contributed by atoms with van der Waals surface area (Å²) < 4.78 is 43.8. The summed E-state index contributed by atoms with van der Waals surface area (Å²) in [6.45, 7) is 8.49. The van der Waals surface area contributed by atoms with Gasteiger partial charge < -0.3 is 37.9 Å². The Hall–Kier alpha value is -0.970. The molecular weight excluding hydrogens is 476 g/mol. The Kier molecular flexibility index (Phi) is 25.3. The Morgan fingerprint density at radius 2 is 0.771 bits per heavy atom. The Bertz CT molecular complexity index is 523. The van der Waals surface area contributed by atoms with E-state index in [0.717, 1.165) is 31.1 Å². The van der Waals surface area contributed by atoms with Gasteiger partial charge in [0.25, 0.3) is 0 Å². The van der Waals surface area contributed by atoms with Crippen molar-refractivity contribution in [3.63, 3.8) is 0 Å². The predicted molar refractivity (Wildman–Crippen MR) is 137 cm³/mol. The zero-order valence-electron chi connectivity index (χ0n) is 21.2. The van der Waals surface area contributed by atoms with Gasteiger partial charge in [-0.05, 0) is 25.0 Å². The van der Waals surface area contributed by atoms with Gasteiger partial charge in [0.1, 0.15) is 12.4 Å². The predicted octanol–water partition coefficient (Wildman–Crippen LogP) is 3.98. The van der Waals surface area contributed by atoms with Crippen molar-refractivity contribution in [1.82, 2.24) is 0 Å². The van der Waals surface area contributed by atoms with Crippen LogP contribution in [0.2, 0.25) is 0 Å². The lowest BCUT2D eigenvalue weighted by atomic mass is 10.2. The minimum Gasteiger partial charge on any atom is -0.491 e. The third kappa shape index (κ3) is 24.5. The van der Waals surface area contributed by atoms with Gasteiger partial charge in [-0.3, -0.25) is 0 Å². The lowest BCUT2D eigenvalue weighted by molar-refractivity contribution is -0.0213. The van der Waals surface area contributed by atoms with E-state index in [9.17, 15) is 0 Å². The number of hydrogen-bond donors (Lipinski definition) is 0. The van der Waals surface area contributed by atoms with E-state index in [1.54, 1.807) is 0 Å². The molecule has 0 aliphatic heterocycles. The largest absolute Gasteiger partial charge is 0.491 e. The molecule has 0 aliphatic rings. The van der Waals surface area contributed by atoms with Gasteiger partial charge in [0, 0.05) is 12.5 Å². The molecule has 1 rings (SSSR count). The summed E-state index contributed by atoms with van der Waals surface area (Å²) in [4.78, 5) is 0. The highest BCUT2D eigenvalue weighted by atomic mass is 35.5.